The number of morpholine rings is 1. The van der Waals surface area contributed by atoms with Gasteiger partial charge in [-0.25, -0.2) is 0 Å². The van der Waals surface area contributed by atoms with Crippen molar-refractivity contribution in [2.24, 2.45) is 0 Å². The Hall–Kier alpha value is -2.18. The summed E-state index contributed by atoms with van der Waals surface area (Å²) in [6.45, 7) is 4.72. The summed E-state index contributed by atoms with van der Waals surface area (Å²) in [5, 5.41) is 10.9. The van der Waals surface area contributed by atoms with E-state index >= 15 is 0 Å². The maximum Gasteiger partial charge on any atom is 0.271 e. The van der Waals surface area contributed by atoms with E-state index in [0.29, 0.717) is 0 Å². The summed E-state index contributed by atoms with van der Waals surface area (Å²) in [7, 11) is 0. The molecule has 0 atom stereocenters. The fraction of sp³-hybridized carbons (Fsp3) is 0.412. The monoisotopic (exact) mass is 315 g/mol. The summed E-state index contributed by atoms with van der Waals surface area (Å²) in [6, 6.07) is 10.8. The highest BCUT2D eigenvalue weighted by molar-refractivity contribution is 5.44. The number of hydrogen-bond donors (Lipinski definition) is 0. The second-order valence-corrected chi connectivity index (χ2v) is 5.70. The molecule has 2 aromatic rings. The number of rotatable bonds is 6. The third kappa shape index (κ3) is 3.97. The van der Waals surface area contributed by atoms with Crippen molar-refractivity contribution in [1.29, 1.82) is 0 Å². The van der Waals surface area contributed by atoms with E-state index in [9.17, 15) is 10.1 Å². The third-order valence-electron chi connectivity index (χ3n) is 4.16. The second-order valence-electron chi connectivity index (χ2n) is 5.70. The van der Waals surface area contributed by atoms with Crippen molar-refractivity contribution in [3.63, 3.8) is 0 Å². The molecule has 1 fully saturated rings. The summed E-state index contributed by atoms with van der Waals surface area (Å²) in [5.74, 6) is 0. The lowest BCUT2D eigenvalue weighted by Gasteiger charge is -2.26. The summed E-state index contributed by atoms with van der Waals surface area (Å²) in [5.41, 5.74) is 2.14. The maximum atomic E-state index is 10.9. The average Bonchev–Trinajstić information content (AvgIpc) is 3.04. The highest BCUT2D eigenvalue weighted by atomic mass is 16.6. The number of aromatic nitrogens is 1. The Morgan fingerprint density at radius 3 is 2.78 bits per heavy atom. The third-order valence-corrected chi connectivity index (χ3v) is 4.16. The van der Waals surface area contributed by atoms with E-state index in [1.807, 2.05) is 22.9 Å². The summed E-state index contributed by atoms with van der Waals surface area (Å²) >= 11 is 0. The fourth-order valence-corrected chi connectivity index (χ4v) is 2.94. The van der Waals surface area contributed by atoms with Crippen LogP contribution in [0.25, 0.3) is 5.69 Å². The molecule has 1 aromatic carbocycles. The standard InChI is InChI=1S/C17H21N3O3/c21-20(22)17-5-1-4-16(14-17)19-9-3-7-15(19)6-2-8-18-10-12-23-13-11-18/h1,3-5,7,9,14H,2,6,8,10-13H2. The van der Waals surface area contributed by atoms with Crippen molar-refractivity contribution < 1.29 is 9.66 Å². The molecule has 6 heteroatoms. The molecule has 23 heavy (non-hydrogen) atoms. The van der Waals surface area contributed by atoms with E-state index < -0.39 is 0 Å². The first-order valence-corrected chi connectivity index (χ1v) is 7.95. The van der Waals surface area contributed by atoms with Gasteiger partial charge in [0.2, 0.25) is 0 Å². The predicted octanol–water partition coefficient (Wildman–Crippen LogP) is 2.65. The zero-order valence-electron chi connectivity index (χ0n) is 13.1. The number of nitro groups is 1. The van der Waals surface area contributed by atoms with Gasteiger partial charge in [0.05, 0.1) is 23.8 Å². The van der Waals surface area contributed by atoms with Gasteiger partial charge in [-0.15, -0.1) is 0 Å². The van der Waals surface area contributed by atoms with Crippen molar-refractivity contribution in [3.8, 4) is 5.69 Å². The molecule has 1 aliphatic rings. The van der Waals surface area contributed by atoms with Crippen molar-refractivity contribution in [1.82, 2.24) is 9.47 Å². The largest absolute Gasteiger partial charge is 0.379 e. The number of nitro benzene ring substituents is 1. The number of benzene rings is 1. The normalized spacial score (nSPS) is 15.7. The molecule has 1 aliphatic heterocycles. The van der Waals surface area contributed by atoms with Crippen LogP contribution in [0.1, 0.15) is 12.1 Å². The zero-order valence-corrected chi connectivity index (χ0v) is 13.1. The molecule has 0 N–H and O–H groups in total. The molecule has 1 saturated heterocycles. The maximum absolute atomic E-state index is 10.9. The molecule has 3 rings (SSSR count). The first kappa shape index (κ1) is 15.7. The summed E-state index contributed by atoms with van der Waals surface area (Å²) < 4.78 is 7.39. The van der Waals surface area contributed by atoms with Crippen molar-refractivity contribution >= 4 is 5.69 Å². The van der Waals surface area contributed by atoms with Crippen molar-refractivity contribution in [2.75, 3.05) is 32.8 Å². The van der Waals surface area contributed by atoms with E-state index in [1.54, 1.807) is 12.1 Å². The van der Waals surface area contributed by atoms with Crippen LogP contribution in [-0.4, -0.2) is 47.2 Å². The fourth-order valence-electron chi connectivity index (χ4n) is 2.94. The van der Waals surface area contributed by atoms with Crippen LogP contribution in [0.4, 0.5) is 5.69 Å². The first-order chi connectivity index (χ1) is 11.2. The highest BCUT2D eigenvalue weighted by Gasteiger charge is 2.11. The van der Waals surface area contributed by atoms with Crippen LogP contribution in [0.3, 0.4) is 0 Å². The van der Waals surface area contributed by atoms with Gasteiger partial charge in [-0.05, 0) is 37.6 Å². The summed E-state index contributed by atoms with van der Waals surface area (Å²) in [4.78, 5) is 13.0. The topological polar surface area (TPSA) is 60.5 Å². The van der Waals surface area contributed by atoms with Crippen LogP contribution in [0.15, 0.2) is 42.6 Å². The van der Waals surface area contributed by atoms with Crippen molar-refractivity contribution in [2.45, 2.75) is 12.8 Å². The lowest BCUT2D eigenvalue weighted by molar-refractivity contribution is -0.384. The molecule has 0 amide bonds. The van der Waals surface area contributed by atoms with Gasteiger partial charge in [0, 0.05) is 37.1 Å². The molecule has 6 nitrogen and oxygen atoms in total. The molecule has 122 valence electrons. The molecule has 1 aromatic heterocycles. The minimum atomic E-state index is -0.356. The van der Waals surface area contributed by atoms with Gasteiger partial charge in [-0.1, -0.05) is 6.07 Å². The van der Waals surface area contributed by atoms with Gasteiger partial charge in [0.15, 0.2) is 0 Å². The van der Waals surface area contributed by atoms with E-state index in [0.717, 1.165) is 51.4 Å². The molecule has 0 unspecified atom stereocenters. The van der Waals surface area contributed by atoms with Gasteiger partial charge in [0.25, 0.3) is 5.69 Å². The van der Waals surface area contributed by atoms with Crippen molar-refractivity contribution in [3.05, 3.63) is 58.4 Å². The molecule has 0 aliphatic carbocycles. The molecule has 0 radical (unpaired) electrons. The van der Waals surface area contributed by atoms with Crippen LogP contribution >= 0.6 is 0 Å². The van der Waals surface area contributed by atoms with Gasteiger partial charge >= 0.3 is 0 Å². The second kappa shape index (κ2) is 7.39. The number of hydrogen-bond acceptors (Lipinski definition) is 4. The Morgan fingerprint density at radius 2 is 2.00 bits per heavy atom. The Labute approximate surface area is 135 Å². The van der Waals surface area contributed by atoms with Gasteiger partial charge in [-0.2, -0.15) is 0 Å². The number of aryl methyl sites for hydroxylation is 1. The number of nitrogens with zero attached hydrogens (tertiary/aromatic N) is 3. The van der Waals surface area contributed by atoms with Crippen LogP contribution in [-0.2, 0) is 11.2 Å². The van der Waals surface area contributed by atoms with Gasteiger partial charge < -0.3 is 9.30 Å². The molecule has 0 saturated carbocycles. The minimum absolute atomic E-state index is 0.121. The lowest BCUT2D eigenvalue weighted by atomic mass is 10.2. The predicted molar refractivity (Wildman–Crippen MR) is 88.0 cm³/mol. The van der Waals surface area contributed by atoms with Crippen LogP contribution in [0, 0.1) is 10.1 Å². The SMILES string of the molecule is O=[N+]([O-])c1cccc(-n2cccc2CCCN2CCOCC2)c1. The lowest BCUT2D eigenvalue weighted by Crippen LogP contribution is -2.37. The van der Waals surface area contributed by atoms with E-state index in [-0.39, 0.29) is 10.6 Å². The van der Waals surface area contributed by atoms with Gasteiger partial charge in [0.1, 0.15) is 0 Å². The molecule has 0 bridgehead atoms. The Balaban J connectivity index is 1.65. The quantitative estimate of drug-likeness (QED) is 0.607. The van der Waals surface area contributed by atoms with E-state index in [1.165, 1.54) is 11.8 Å². The molecule has 0 spiro atoms. The van der Waals surface area contributed by atoms with E-state index in [4.69, 9.17) is 4.74 Å². The Bertz CT molecular complexity index is 663. The Kier molecular flexibility index (Phi) is 5.05. The van der Waals surface area contributed by atoms with Crippen LogP contribution < -0.4 is 0 Å². The van der Waals surface area contributed by atoms with Crippen LogP contribution in [0.5, 0.6) is 0 Å². The smallest absolute Gasteiger partial charge is 0.271 e. The molecule has 2 heterocycles. The number of non-ortho nitro benzene ring substituents is 1. The van der Waals surface area contributed by atoms with Gasteiger partial charge in [-0.3, -0.25) is 15.0 Å². The van der Waals surface area contributed by atoms with Crippen LogP contribution in [0.2, 0.25) is 0 Å². The number of ether oxygens (including phenoxy) is 1. The Morgan fingerprint density at radius 1 is 1.17 bits per heavy atom. The zero-order chi connectivity index (χ0) is 16.1. The van der Waals surface area contributed by atoms with E-state index in [2.05, 4.69) is 11.0 Å². The average molecular weight is 315 g/mol. The highest BCUT2D eigenvalue weighted by Crippen LogP contribution is 2.19. The molecular weight excluding hydrogens is 294 g/mol. The molecular formula is C17H21N3O3. The minimum Gasteiger partial charge on any atom is -0.379 e. The first-order valence-electron chi connectivity index (χ1n) is 7.95. The summed E-state index contributed by atoms with van der Waals surface area (Å²) in [6.07, 6.45) is 3.98.